The number of hydrogen-bond donors (Lipinski definition) is 3. The van der Waals surface area contributed by atoms with Gasteiger partial charge in [0.15, 0.2) is 5.28 Å². The predicted octanol–water partition coefficient (Wildman–Crippen LogP) is 1.24. The molecule has 0 aliphatic carbocycles. The van der Waals surface area contributed by atoms with Gasteiger partial charge < -0.3 is 30.9 Å². The van der Waals surface area contributed by atoms with Gasteiger partial charge in [-0.15, -0.1) is 0 Å². The number of carbonyl (C=O) groups excluding carboxylic acids is 2. The van der Waals surface area contributed by atoms with E-state index in [1.165, 1.54) is 9.80 Å². The van der Waals surface area contributed by atoms with Gasteiger partial charge in [0, 0.05) is 25.4 Å². The fraction of sp³-hybridized carbons (Fsp3) is 0.850. The molecule has 2 fully saturated rings. The summed E-state index contributed by atoms with van der Waals surface area (Å²) in [5.41, 5.74) is 11.6. The molecule has 2 amide bonds. The van der Waals surface area contributed by atoms with Crippen molar-refractivity contribution in [3.63, 3.8) is 0 Å². The maximum Gasteiger partial charge on any atom is 0.337 e. The number of amides is 2. The van der Waals surface area contributed by atoms with Gasteiger partial charge in [0.05, 0.1) is 6.04 Å². The number of carbonyl (C=O) groups is 3. The van der Waals surface area contributed by atoms with Crippen LogP contribution in [-0.2, 0) is 18.9 Å². The summed E-state index contributed by atoms with van der Waals surface area (Å²) < 4.78 is 13.6. The normalized spacial score (nSPS) is 25.5. The fourth-order valence-electron chi connectivity index (χ4n) is 4.98. The summed E-state index contributed by atoms with van der Waals surface area (Å²) in [7, 11) is -3.18. The van der Waals surface area contributed by atoms with E-state index in [4.69, 9.17) is 11.5 Å². The molecule has 0 aromatic rings. The van der Waals surface area contributed by atoms with Crippen LogP contribution in [0, 0.1) is 0 Å². The Hall–Kier alpha value is -1.44. The van der Waals surface area contributed by atoms with E-state index in [0.29, 0.717) is 38.8 Å². The third-order valence-electron chi connectivity index (χ3n) is 6.77. The van der Waals surface area contributed by atoms with Gasteiger partial charge in [0.2, 0.25) is 11.8 Å². The second-order valence-corrected chi connectivity index (χ2v) is 12.1. The quantitative estimate of drug-likeness (QED) is 0.339. The monoisotopic (exact) mass is 444 g/mol. The Labute approximate surface area is 178 Å². The Kier molecular flexibility index (Phi) is 8.48. The molecule has 2 heterocycles. The first-order valence-corrected chi connectivity index (χ1v) is 13.2. The van der Waals surface area contributed by atoms with Crippen LogP contribution in [0.1, 0.15) is 58.8 Å². The summed E-state index contributed by atoms with van der Waals surface area (Å²) in [5.74, 6) is -1.89. The fourth-order valence-corrected chi connectivity index (χ4v) is 8.02. The van der Waals surface area contributed by atoms with Gasteiger partial charge in [-0.2, -0.15) is 0 Å². The molecule has 2 saturated heterocycles. The van der Waals surface area contributed by atoms with Gasteiger partial charge in [-0.25, -0.2) is 4.79 Å². The first-order valence-electron chi connectivity index (χ1n) is 11.1. The first kappa shape index (κ1) is 24.8. The highest BCUT2D eigenvalue weighted by Gasteiger charge is 2.61. The van der Waals surface area contributed by atoms with Gasteiger partial charge >= 0.3 is 5.97 Å². The average molecular weight is 445 g/mol. The third kappa shape index (κ3) is 4.30. The SMILES string of the molecule is CCP(=O)(CC)[C@@]1(C(=O)O)CCCN1C(=O)[C@@H]1CCCN1C(=O)[C@@H](N)CCCCN. The zero-order valence-electron chi connectivity index (χ0n) is 18.2. The molecular weight excluding hydrogens is 407 g/mol. The number of carboxylic acids is 1. The van der Waals surface area contributed by atoms with E-state index in [-0.39, 0.29) is 31.2 Å². The molecule has 0 unspecified atom stereocenters. The van der Waals surface area contributed by atoms with E-state index in [1.54, 1.807) is 13.8 Å². The molecule has 0 spiro atoms. The summed E-state index contributed by atoms with van der Waals surface area (Å²) >= 11 is 0. The van der Waals surface area contributed by atoms with Crippen LogP contribution in [0.2, 0.25) is 0 Å². The third-order valence-corrected chi connectivity index (χ3v) is 10.8. The minimum atomic E-state index is -3.18. The van der Waals surface area contributed by atoms with Crippen LogP contribution < -0.4 is 11.5 Å². The Bertz CT molecular complexity index is 695. The minimum absolute atomic E-state index is 0.187. The van der Waals surface area contributed by atoms with E-state index >= 15 is 0 Å². The van der Waals surface area contributed by atoms with Crippen molar-refractivity contribution in [2.45, 2.75) is 76.2 Å². The molecule has 0 aromatic carbocycles. The van der Waals surface area contributed by atoms with Crippen molar-refractivity contribution in [3.8, 4) is 0 Å². The molecule has 2 rings (SSSR count). The Balaban J connectivity index is 2.27. The predicted molar refractivity (Wildman–Crippen MR) is 116 cm³/mol. The minimum Gasteiger partial charge on any atom is -0.479 e. The lowest BCUT2D eigenvalue weighted by Crippen LogP contribution is -2.59. The van der Waals surface area contributed by atoms with Crippen molar-refractivity contribution in [2.75, 3.05) is 32.0 Å². The molecule has 0 bridgehead atoms. The van der Waals surface area contributed by atoms with Crippen molar-refractivity contribution in [1.29, 1.82) is 0 Å². The zero-order valence-corrected chi connectivity index (χ0v) is 19.1. The van der Waals surface area contributed by atoms with Crippen LogP contribution in [0.15, 0.2) is 0 Å². The number of carboxylic acid groups (broad SMARTS) is 1. The molecule has 30 heavy (non-hydrogen) atoms. The van der Waals surface area contributed by atoms with E-state index in [1.807, 2.05) is 0 Å². The molecule has 0 saturated carbocycles. The van der Waals surface area contributed by atoms with Gasteiger partial charge in [0.25, 0.3) is 0 Å². The van der Waals surface area contributed by atoms with Crippen LogP contribution in [0.5, 0.6) is 0 Å². The topological polar surface area (TPSA) is 147 Å². The number of hydrogen-bond acceptors (Lipinski definition) is 6. The summed E-state index contributed by atoms with van der Waals surface area (Å²) in [6.07, 6.45) is 4.25. The molecule has 172 valence electrons. The second-order valence-electron chi connectivity index (χ2n) is 8.32. The number of likely N-dealkylation sites (tertiary alicyclic amines) is 2. The van der Waals surface area contributed by atoms with Gasteiger partial charge in [0.1, 0.15) is 13.2 Å². The highest BCUT2D eigenvalue weighted by molar-refractivity contribution is 7.66. The second kappa shape index (κ2) is 10.2. The Morgan fingerprint density at radius 3 is 2.40 bits per heavy atom. The van der Waals surface area contributed by atoms with Crippen molar-refractivity contribution in [3.05, 3.63) is 0 Å². The highest BCUT2D eigenvalue weighted by atomic mass is 31.2. The van der Waals surface area contributed by atoms with Gasteiger partial charge in [-0.3, -0.25) is 9.59 Å². The summed E-state index contributed by atoms with van der Waals surface area (Å²) in [4.78, 5) is 41.7. The molecule has 9 nitrogen and oxygen atoms in total. The lowest BCUT2D eigenvalue weighted by atomic mass is 10.1. The van der Waals surface area contributed by atoms with Gasteiger partial charge in [-0.1, -0.05) is 20.3 Å². The van der Waals surface area contributed by atoms with Crippen LogP contribution >= 0.6 is 7.14 Å². The number of rotatable bonds is 10. The summed E-state index contributed by atoms with van der Waals surface area (Å²) in [6.45, 7) is 4.65. The van der Waals surface area contributed by atoms with E-state index in [0.717, 1.165) is 12.8 Å². The van der Waals surface area contributed by atoms with Crippen LogP contribution in [0.3, 0.4) is 0 Å². The molecule has 3 atom stereocenters. The van der Waals surface area contributed by atoms with E-state index in [2.05, 4.69) is 0 Å². The molecule has 0 aromatic heterocycles. The van der Waals surface area contributed by atoms with Crippen molar-refractivity contribution in [1.82, 2.24) is 9.80 Å². The van der Waals surface area contributed by atoms with E-state index in [9.17, 15) is 24.1 Å². The number of nitrogens with zero attached hydrogens (tertiary/aromatic N) is 2. The van der Waals surface area contributed by atoms with E-state index < -0.39 is 36.4 Å². The Morgan fingerprint density at radius 2 is 1.83 bits per heavy atom. The molecule has 0 radical (unpaired) electrons. The largest absolute Gasteiger partial charge is 0.479 e. The summed E-state index contributed by atoms with van der Waals surface area (Å²) in [5, 5.41) is 8.46. The molecule has 10 heteroatoms. The lowest BCUT2D eigenvalue weighted by Gasteiger charge is -2.42. The molecular formula is C20H37N4O5P. The maximum atomic E-state index is 13.6. The standard InChI is InChI=1S/C20H37N4O5P/c1-3-30(29,4-2)20(19(27)28)11-8-14-24(20)18(26)16-10-7-13-23(16)17(25)15(22)9-5-6-12-21/h15-16H,3-14,21-22H2,1-2H3,(H,27,28)/t15-,16-,20+/m0/s1. The van der Waals surface area contributed by atoms with Gasteiger partial charge in [-0.05, 0) is 45.1 Å². The highest BCUT2D eigenvalue weighted by Crippen LogP contribution is 2.63. The van der Waals surface area contributed by atoms with Crippen LogP contribution in [-0.4, -0.2) is 82.0 Å². The molecule has 2 aliphatic rings. The lowest BCUT2D eigenvalue weighted by molar-refractivity contribution is -0.154. The van der Waals surface area contributed by atoms with Crippen molar-refractivity contribution in [2.24, 2.45) is 11.5 Å². The maximum absolute atomic E-state index is 13.6. The number of unbranched alkanes of at least 4 members (excludes halogenated alkanes) is 1. The Morgan fingerprint density at radius 1 is 1.17 bits per heavy atom. The van der Waals surface area contributed by atoms with Crippen LogP contribution in [0.25, 0.3) is 0 Å². The van der Waals surface area contributed by atoms with Crippen molar-refractivity contribution >= 4 is 24.9 Å². The molecule has 5 N–H and O–H groups in total. The molecule has 2 aliphatic heterocycles. The first-order chi connectivity index (χ1) is 14.2. The number of nitrogens with two attached hydrogens (primary N) is 2. The zero-order chi connectivity index (χ0) is 22.5. The smallest absolute Gasteiger partial charge is 0.337 e. The summed E-state index contributed by atoms with van der Waals surface area (Å²) in [6, 6.07) is -1.44. The van der Waals surface area contributed by atoms with Crippen LogP contribution in [0.4, 0.5) is 0 Å². The average Bonchev–Trinajstić information content (AvgIpc) is 3.40. The number of aliphatic carboxylic acids is 1. The van der Waals surface area contributed by atoms with Crippen molar-refractivity contribution < 1.29 is 24.1 Å².